The van der Waals surface area contributed by atoms with Crippen molar-refractivity contribution in [2.75, 3.05) is 18.4 Å². The Hall–Kier alpha value is -0.0500. The van der Waals surface area contributed by atoms with E-state index in [4.69, 9.17) is 0 Å². The number of carbonyl (C=O) groups excluding carboxylic acids is 1. The average Bonchev–Trinajstić information content (AvgIpc) is 2.43. The number of hydrogen-bond acceptors (Lipinski definition) is 1. The van der Waals surface area contributed by atoms with Crippen LogP contribution in [0.1, 0.15) is 51.9 Å². The van der Waals surface area contributed by atoms with E-state index in [-0.39, 0.29) is 0 Å². The van der Waals surface area contributed by atoms with Gasteiger partial charge in [-0.3, -0.25) is 4.79 Å². The largest absolute Gasteiger partial charge is 0.342 e. The lowest BCUT2D eigenvalue weighted by Crippen LogP contribution is -2.41. The molecule has 0 aromatic carbocycles. The van der Waals surface area contributed by atoms with Crippen molar-refractivity contribution in [3.05, 3.63) is 0 Å². The summed E-state index contributed by atoms with van der Waals surface area (Å²) in [4.78, 5) is 14.5. The highest BCUT2D eigenvalue weighted by molar-refractivity contribution is 9.09. The highest BCUT2D eigenvalue weighted by atomic mass is 79.9. The molecule has 0 heterocycles. The zero-order valence-electron chi connectivity index (χ0n) is 11.5. The molecule has 0 bridgehead atoms. The van der Waals surface area contributed by atoms with E-state index < -0.39 is 0 Å². The van der Waals surface area contributed by atoms with E-state index in [0.29, 0.717) is 11.8 Å². The Morgan fingerprint density at radius 3 is 2.56 bits per heavy atom. The smallest absolute Gasteiger partial charge is 0.225 e. The molecule has 0 radical (unpaired) electrons. The molecule has 2 fully saturated rings. The van der Waals surface area contributed by atoms with Crippen LogP contribution in [0.4, 0.5) is 0 Å². The van der Waals surface area contributed by atoms with Gasteiger partial charge >= 0.3 is 0 Å². The summed E-state index contributed by atoms with van der Waals surface area (Å²) in [6, 6.07) is 0. The van der Waals surface area contributed by atoms with Crippen molar-refractivity contribution in [2.45, 2.75) is 51.9 Å². The van der Waals surface area contributed by atoms with Crippen LogP contribution in [0.2, 0.25) is 0 Å². The maximum atomic E-state index is 12.5. The summed E-state index contributed by atoms with van der Waals surface area (Å²) in [5.74, 6) is 2.53. The number of hydrogen-bond donors (Lipinski definition) is 0. The number of nitrogens with zero attached hydrogens (tertiary/aromatic N) is 1. The molecule has 2 saturated carbocycles. The highest BCUT2D eigenvalue weighted by Crippen LogP contribution is 2.43. The topological polar surface area (TPSA) is 20.3 Å². The van der Waals surface area contributed by atoms with Gasteiger partial charge in [0.05, 0.1) is 0 Å². The zero-order chi connectivity index (χ0) is 13.0. The Morgan fingerprint density at radius 2 is 1.89 bits per heavy atom. The molecule has 18 heavy (non-hydrogen) atoms. The number of alkyl halides is 1. The van der Waals surface area contributed by atoms with Crippen LogP contribution in [-0.2, 0) is 4.79 Å². The van der Waals surface area contributed by atoms with Gasteiger partial charge in [0.2, 0.25) is 5.91 Å². The summed E-state index contributed by atoms with van der Waals surface area (Å²) in [5.41, 5.74) is 0. The van der Waals surface area contributed by atoms with Crippen molar-refractivity contribution in [3.8, 4) is 0 Å². The van der Waals surface area contributed by atoms with Gasteiger partial charge in [-0.2, -0.15) is 0 Å². The average molecular weight is 316 g/mol. The summed E-state index contributed by atoms with van der Waals surface area (Å²) in [6.07, 6.45) is 9.21. The normalized spacial score (nSPS) is 31.8. The molecule has 0 spiro atoms. The maximum Gasteiger partial charge on any atom is 0.225 e. The lowest BCUT2D eigenvalue weighted by molar-refractivity contribution is -0.137. The molecule has 104 valence electrons. The van der Waals surface area contributed by atoms with Gasteiger partial charge in [-0.15, -0.1) is 0 Å². The van der Waals surface area contributed by atoms with E-state index in [1.807, 2.05) is 4.90 Å². The molecule has 0 saturated heterocycles. The Balaban J connectivity index is 1.91. The standard InChI is InChI=1S/C15H26BrNO/c1-2-17(10-9-16)15(18)14-8-7-12-5-3-4-6-13(12)11-14/h12-14H,2-11H2,1H3. The van der Waals surface area contributed by atoms with Crippen molar-refractivity contribution >= 4 is 21.8 Å². The minimum atomic E-state index is 0.323. The SMILES string of the molecule is CCN(CCBr)C(=O)C1CCC2CCCCC2C1. The lowest BCUT2D eigenvalue weighted by atomic mass is 9.67. The first-order chi connectivity index (χ1) is 8.76. The molecule has 1 amide bonds. The van der Waals surface area contributed by atoms with Crippen molar-refractivity contribution < 1.29 is 4.79 Å². The van der Waals surface area contributed by atoms with Crippen LogP contribution in [0.25, 0.3) is 0 Å². The predicted octanol–water partition coefficient (Wildman–Crippen LogP) is 3.84. The van der Waals surface area contributed by atoms with E-state index in [2.05, 4.69) is 22.9 Å². The first kappa shape index (κ1) is 14.4. The summed E-state index contributed by atoms with van der Waals surface area (Å²) >= 11 is 3.44. The van der Waals surface area contributed by atoms with Crippen molar-refractivity contribution in [2.24, 2.45) is 17.8 Å². The van der Waals surface area contributed by atoms with Crippen LogP contribution in [0.15, 0.2) is 0 Å². The number of carbonyl (C=O) groups is 1. The summed E-state index contributed by atoms with van der Waals surface area (Å²) in [5, 5.41) is 0.894. The van der Waals surface area contributed by atoms with Crippen LogP contribution >= 0.6 is 15.9 Å². The predicted molar refractivity (Wildman–Crippen MR) is 78.8 cm³/mol. The molecule has 3 unspecified atom stereocenters. The first-order valence-corrected chi connectivity index (χ1v) is 8.73. The maximum absolute atomic E-state index is 12.5. The van der Waals surface area contributed by atoms with Crippen molar-refractivity contribution in [3.63, 3.8) is 0 Å². The van der Waals surface area contributed by atoms with Gasteiger partial charge in [-0.1, -0.05) is 41.6 Å². The van der Waals surface area contributed by atoms with Crippen LogP contribution in [0.5, 0.6) is 0 Å². The van der Waals surface area contributed by atoms with Gasteiger partial charge in [-0.05, 0) is 38.0 Å². The number of rotatable bonds is 4. The molecule has 0 N–H and O–H groups in total. The zero-order valence-corrected chi connectivity index (χ0v) is 13.1. The van der Waals surface area contributed by atoms with E-state index in [0.717, 1.165) is 36.7 Å². The Bertz CT molecular complexity index is 282. The quantitative estimate of drug-likeness (QED) is 0.722. The van der Waals surface area contributed by atoms with Gasteiger partial charge in [0.25, 0.3) is 0 Å². The molecular weight excluding hydrogens is 290 g/mol. The number of amides is 1. The monoisotopic (exact) mass is 315 g/mol. The molecule has 2 nitrogen and oxygen atoms in total. The molecular formula is C15H26BrNO. The second-order valence-corrected chi connectivity index (χ2v) is 6.71. The molecule has 0 aliphatic heterocycles. The molecule has 3 heteroatoms. The van der Waals surface area contributed by atoms with E-state index in [1.165, 1.54) is 38.5 Å². The third-order valence-electron chi connectivity index (χ3n) is 4.94. The summed E-state index contributed by atoms with van der Waals surface area (Å²) in [6.45, 7) is 3.81. The van der Waals surface area contributed by atoms with Crippen LogP contribution in [0.3, 0.4) is 0 Å². The van der Waals surface area contributed by atoms with E-state index >= 15 is 0 Å². The summed E-state index contributed by atoms with van der Waals surface area (Å²) in [7, 11) is 0. The molecule has 2 rings (SSSR count). The molecule has 3 atom stereocenters. The fourth-order valence-electron chi connectivity index (χ4n) is 3.88. The first-order valence-electron chi connectivity index (χ1n) is 7.61. The van der Waals surface area contributed by atoms with Gasteiger partial charge in [-0.25, -0.2) is 0 Å². The highest BCUT2D eigenvalue weighted by Gasteiger charge is 2.36. The van der Waals surface area contributed by atoms with Gasteiger partial charge in [0.15, 0.2) is 0 Å². The number of halogens is 1. The van der Waals surface area contributed by atoms with E-state index in [9.17, 15) is 4.79 Å². The fourth-order valence-corrected chi connectivity index (χ4v) is 4.31. The Morgan fingerprint density at radius 1 is 1.17 bits per heavy atom. The Kier molecular flexibility index (Phi) is 5.53. The molecule has 0 aromatic heterocycles. The van der Waals surface area contributed by atoms with Gasteiger partial charge in [0, 0.05) is 24.3 Å². The second kappa shape index (κ2) is 6.93. The summed E-state index contributed by atoms with van der Waals surface area (Å²) < 4.78 is 0. The van der Waals surface area contributed by atoms with Crippen LogP contribution in [-0.4, -0.2) is 29.2 Å². The second-order valence-electron chi connectivity index (χ2n) is 5.92. The third-order valence-corrected chi connectivity index (χ3v) is 5.29. The van der Waals surface area contributed by atoms with E-state index in [1.54, 1.807) is 0 Å². The van der Waals surface area contributed by atoms with Gasteiger partial charge < -0.3 is 4.90 Å². The minimum Gasteiger partial charge on any atom is -0.342 e. The third kappa shape index (κ3) is 3.28. The minimum absolute atomic E-state index is 0.323. The molecule has 2 aliphatic rings. The molecule has 2 aliphatic carbocycles. The fraction of sp³-hybridized carbons (Fsp3) is 0.933. The Labute approximate surface area is 120 Å². The van der Waals surface area contributed by atoms with Crippen molar-refractivity contribution in [1.82, 2.24) is 4.90 Å². The number of fused-ring (bicyclic) bond motifs is 1. The lowest BCUT2D eigenvalue weighted by Gasteiger charge is -2.40. The van der Waals surface area contributed by atoms with Crippen LogP contribution < -0.4 is 0 Å². The van der Waals surface area contributed by atoms with Crippen molar-refractivity contribution in [1.29, 1.82) is 0 Å². The molecule has 0 aromatic rings. The van der Waals surface area contributed by atoms with Gasteiger partial charge in [0.1, 0.15) is 0 Å². The van der Waals surface area contributed by atoms with Crippen LogP contribution in [0, 0.1) is 17.8 Å².